The van der Waals surface area contributed by atoms with Crippen LogP contribution in [-0.2, 0) is 33.7 Å². The quantitative estimate of drug-likeness (QED) is 0.104. The lowest BCUT2D eigenvalue weighted by Crippen LogP contribution is -2.28. The Hall–Kier alpha value is -4.66. The van der Waals surface area contributed by atoms with E-state index in [2.05, 4.69) is 10.6 Å². The number of carbonyl (C=O) groups excluding carboxylic acids is 2. The minimum atomic E-state index is -5.07. The molecule has 1 unspecified atom stereocenters. The van der Waals surface area contributed by atoms with Gasteiger partial charge in [0.1, 0.15) is 0 Å². The molecule has 7 nitrogen and oxygen atoms in total. The molecule has 0 aliphatic carbocycles. The van der Waals surface area contributed by atoms with Crippen LogP contribution in [0.25, 0.3) is 17.2 Å². The first-order chi connectivity index (χ1) is 24.5. The number of halogens is 7. The first kappa shape index (κ1) is 41.1. The molecule has 0 saturated carbocycles. The second-order valence-corrected chi connectivity index (χ2v) is 15.4. The number of alkyl halides is 6. The highest BCUT2D eigenvalue weighted by atomic mass is 35.5. The maximum Gasteiger partial charge on any atom is 0.416 e. The van der Waals surface area contributed by atoms with E-state index in [-0.39, 0.29) is 46.3 Å². The highest BCUT2D eigenvalue weighted by Crippen LogP contribution is 2.40. The smallest absolute Gasteiger partial charge is 0.351 e. The number of anilines is 1. The Morgan fingerprint density at radius 2 is 1.38 bits per heavy atom. The zero-order valence-corrected chi connectivity index (χ0v) is 30.1. The number of benzene rings is 4. The number of amides is 2. The number of rotatable bonds is 11. The molecule has 0 saturated heterocycles. The van der Waals surface area contributed by atoms with E-state index in [1.807, 2.05) is 45.1 Å². The molecule has 0 fully saturated rings. The van der Waals surface area contributed by atoms with Gasteiger partial charge in [-0.25, -0.2) is 0 Å². The van der Waals surface area contributed by atoms with Crippen LogP contribution in [-0.4, -0.2) is 37.1 Å². The summed E-state index contributed by atoms with van der Waals surface area (Å²) in [6.45, 7) is 5.80. The van der Waals surface area contributed by atoms with E-state index in [4.69, 9.17) is 16.2 Å². The van der Waals surface area contributed by atoms with Crippen molar-refractivity contribution in [3.8, 4) is 11.1 Å². The summed E-state index contributed by atoms with van der Waals surface area (Å²) in [6, 6.07) is 18.2. The third-order valence-electron chi connectivity index (χ3n) is 7.82. The van der Waals surface area contributed by atoms with Crippen LogP contribution in [0.4, 0.5) is 32.0 Å². The number of hydrogen-bond acceptors (Lipinski definition) is 4. The molecule has 0 bridgehead atoms. The van der Waals surface area contributed by atoms with Crippen molar-refractivity contribution in [2.24, 2.45) is 5.41 Å². The van der Waals surface area contributed by atoms with E-state index >= 15 is 0 Å². The second kappa shape index (κ2) is 16.1. The van der Waals surface area contributed by atoms with E-state index in [1.165, 1.54) is 30.3 Å². The normalized spacial score (nSPS) is 13.2. The van der Waals surface area contributed by atoms with E-state index in [1.54, 1.807) is 24.3 Å². The molecule has 53 heavy (non-hydrogen) atoms. The van der Waals surface area contributed by atoms with Crippen molar-refractivity contribution in [3.63, 3.8) is 0 Å². The fraction of sp³-hybridized carbons (Fsp3) is 0.263. The molecular weight excluding hydrogens is 746 g/mol. The predicted octanol–water partition coefficient (Wildman–Crippen LogP) is 9.69. The fourth-order valence-electron chi connectivity index (χ4n) is 5.15. The SMILES string of the molecule is CC(C)(C)C=Cc1ccc(C(Cc2ccc(C(=O)NCCS(=O)(=O)O)cc2)C(=O)Nc2cc(Cl)cc(-c3cc(C(F)(F)F)cc(C(F)(F)F)c3)c2)cc1. The van der Waals surface area contributed by atoms with E-state index < -0.39 is 62.6 Å². The summed E-state index contributed by atoms with van der Waals surface area (Å²) in [5, 5.41) is 5.04. The molecular formula is C38H35ClF6N2O5S. The third-order valence-corrected chi connectivity index (χ3v) is 8.76. The maximum absolute atomic E-state index is 14.0. The zero-order valence-electron chi connectivity index (χ0n) is 28.6. The van der Waals surface area contributed by atoms with Gasteiger partial charge in [0.25, 0.3) is 16.0 Å². The molecule has 0 spiro atoms. The average Bonchev–Trinajstić information content (AvgIpc) is 3.04. The highest BCUT2D eigenvalue weighted by Gasteiger charge is 2.37. The van der Waals surface area contributed by atoms with Crippen LogP contribution in [0.3, 0.4) is 0 Å². The predicted molar refractivity (Wildman–Crippen MR) is 192 cm³/mol. The first-order valence-corrected chi connectivity index (χ1v) is 18.0. The summed E-state index contributed by atoms with van der Waals surface area (Å²) < 4.78 is 112. The van der Waals surface area contributed by atoms with Crippen LogP contribution in [0, 0.1) is 5.41 Å². The molecule has 0 radical (unpaired) electrons. The molecule has 3 N–H and O–H groups in total. The Kier molecular flexibility index (Phi) is 12.5. The lowest BCUT2D eigenvalue weighted by molar-refractivity contribution is -0.143. The van der Waals surface area contributed by atoms with Crippen molar-refractivity contribution in [3.05, 3.63) is 129 Å². The third kappa shape index (κ3) is 12.5. The molecule has 0 heterocycles. The summed E-state index contributed by atoms with van der Waals surface area (Å²) in [5.74, 6) is -2.70. The highest BCUT2D eigenvalue weighted by molar-refractivity contribution is 7.85. The molecule has 15 heteroatoms. The van der Waals surface area contributed by atoms with Gasteiger partial charge in [-0.2, -0.15) is 34.8 Å². The molecule has 0 aliphatic heterocycles. The molecule has 4 aromatic rings. The van der Waals surface area contributed by atoms with Crippen LogP contribution in [0.5, 0.6) is 0 Å². The van der Waals surface area contributed by atoms with Crippen LogP contribution in [0.2, 0.25) is 5.02 Å². The summed E-state index contributed by atoms with van der Waals surface area (Å²) >= 11 is 6.27. The van der Waals surface area contributed by atoms with Crippen molar-refractivity contribution >= 4 is 45.3 Å². The molecule has 4 aromatic carbocycles. The second-order valence-electron chi connectivity index (χ2n) is 13.4. The van der Waals surface area contributed by atoms with Gasteiger partial charge in [0, 0.05) is 22.8 Å². The van der Waals surface area contributed by atoms with E-state index in [0.717, 1.165) is 5.56 Å². The number of allylic oxidation sites excluding steroid dienone is 1. The van der Waals surface area contributed by atoms with Crippen LogP contribution in [0.15, 0.2) is 91.0 Å². The standard InChI is InChI=1S/C38H35ClF6N2O5S/c1-36(2,3)13-12-23-4-8-25(9-5-23)33(16-24-6-10-26(11-7-24)34(48)46-14-15-53(50,51)52)35(49)47-32-20-28(19-31(39)22-32)27-17-29(37(40,41)42)21-30(18-27)38(43,44)45/h4-13,17-22,33H,14-16H2,1-3H3,(H,46,48)(H,47,49)(H,50,51,52). The largest absolute Gasteiger partial charge is 0.416 e. The molecule has 282 valence electrons. The molecule has 0 aliphatic rings. The van der Waals surface area contributed by atoms with Crippen LogP contribution in [0.1, 0.15) is 64.9 Å². The summed E-state index contributed by atoms with van der Waals surface area (Å²) in [5.41, 5.74) is -1.33. The molecule has 2 amide bonds. The topological polar surface area (TPSA) is 113 Å². The van der Waals surface area contributed by atoms with Crippen molar-refractivity contribution < 1.29 is 48.9 Å². The van der Waals surface area contributed by atoms with Crippen molar-refractivity contribution in [1.29, 1.82) is 0 Å². The Morgan fingerprint density at radius 3 is 1.91 bits per heavy atom. The number of nitrogens with one attached hydrogen (secondary N) is 2. The van der Waals surface area contributed by atoms with Crippen LogP contribution >= 0.6 is 11.6 Å². The van der Waals surface area contributed by atoms with Gasteiger partial charge < -0.3 is 10.6 Å². The van der Waals surface area contributed by atoms with Gasteiger partial charge in [-0.3, -0.25) is 14.1 Å². The first-order valence-electron chi connectivity index (χ1n) is 16.0. The molecule has 1 atom stereocenters. The van der Waals surface area contributed by atoms with Gasteiger partial charge in [0.15, 0.2) is 0 Å². The summed E-state index contributed by atoms with van der Waals surface area (Å²) in [4.78, 5) is 26.4. The summed E-state index contributed by atoms with van der Waals surface area (Å²) in [6.07, 6.45) is -6.08. The van der Waals surface area contributed by atoms with Gasteiger partial charge in [-0.15, -0.1) is 0 Å². The number of hydrogen-bond donors (Lipinski definition) is 3. The van der Waals surface area contributed by atoms with E-state index in [9.17, 15) is 44.3 Å². The minimum absolute atomic E-state index is 0.0222. The minimum Gasteiger partial charge on any atom is -0.351 e. The lowest BCUT2D eigenvalue weighted by atomic mass is 9.89. The van der Waals surface area contributed by atoms with Crippen molar-refractivity contribution in [2.45, 2.75) is 45.5 Å². The Morgan fingerprint density at radius 1 is 0.811 bits per heavy atom. The summed E-state index contributed by atoms with van der Waals surface area (Å²) in [7, 11) is -4.27. The van der Waals surface area contributed by atoms with Crippen LogP contribution < -0.4 is 10.6 Å². The monoisotopic (exact) mass is 780 g/mol. The van der Waals surface area contributed by atoms with Crippen molar-refractivity contribution in [2.75, 3.05) is 17.6 Å². The molecule has 4 rings (SSSR count). The van der Waals surface area contributed by atoms with Crippen molar-refractivity contribution in [1.82, 2.24) is 5.32 Å². The average molecular weight is 781 g/mol. The molecule has 0 aromatic heterocycles. The maximum atomic E-state index is 14.0. The fourth-order valence-corrected chi connectivity index (χ4v) is 5.75. The Balaban J connectivity index is 1.66. The Bertz CT molecular complexity index is 2060. The zero-order chi connectivity index (χ0) is 39.4. The van der Waals surface area contributed by atoms with Gasteiger partial charge in [0.2, 0.25) is 5.91 Å². The van der Waals surface area contributed by atoms with Gasteiger partial charge in [-0.1, -0.05) is 80.9 Å². The van der Waals surface area contributed by atoms with Gasteiger partial charge in [0.05, 0.1) is 22.8 Å². The number of carbonyl (C=O) groups is 2. The van der Waals surface area contributed by atoms with Gasteiger partial charge in [-0.05, 0) is 88.2 Å². The van der Waals surface area contributed by atoms with E-state index in [0.29, 0.717) is 23.3 Å². The van der Waals surface area contributed by atoms with Gasteiger partial charge >= 0.3 is 12.4 Å². The lowest BCUT2D eigenvalue weighted by Gasteiger charge is -2.19. The Labute approximate surface area is 307 Å².